The van der Waals surface area contributed by atoms with Gasteiger partial charge >= 0.3 is 18.1 Å². The normalized spacial score (nSPS) is 13.4. The van der Waals surface area contributed by atoms with Gasteiger partial charge < -0.3 is 14.6 Å². The second kappa shape index (κ2) is 11.4. The number of rotatable bonds is 10. The molecule has 214 valence electrons. The van der Waals surface area contributed by atoms with E-state index in [1.807, 2.05) is 6.92 Å². The Kier molecular flexibility index (Phi) is 8.31. The van der Waals surface area contributed by atoms with Crippen molar-refractivity contribution < 1.29 is 27.8 Å². The van der Waals surface area contributed by atoms with Crippen LogP contribution in [0.15, 0.2) is 58.1 Å². The molecule has 0 aliphatic rings. The number of nitrogens with zero attached hydrogens (tertiary/aromatic N) is 4. The van der Waals surface area contributed by atoms with Crippen LogP contribution in [0.4, 0.5) is 13.2 Å². The predicted octanol–water partition coefficient (Wildman–Crippen LogP) is 5.09. The molecule has 4 rings (SSSR count). The fraction of sp³-hybridized carbons (Fsp3) is 0.370. The lowest BCUT2D eigenvalue weighted by Crippen LogP contribution is -2.44. The highest BCUT2D eigenvalue weighted by atomic mass is 35.5. The summed E-state index contributed by atoms with van der Waals surface area (Å²) < 4.78 is 51.8. The van der Waals surface area contributed by atoms with Crippen molar-refractivity contribution in [3.05, 3.63) is 80.0 Å². The Morgan fingerprint density at radius 3 is 2.35 bits per heavy atom. The third-order valence-electron chi connectivity index (χ3n) is 6.47. The maximum Gasteiger partial charge on any atom is 0.573 e. The Balaban J connectivity index is 1.89. The monoisotopic (exact) mass is 580 g/mol. The van der Waals surface area contributed by atoms with Gasteiger partial charge in [-0.05, 0) is 36.2 Å². The summed E-state index contributed by atoms with van der Waals surface area (Å²) in [5.74, 6) is -0.533. The van der Waals surface area contributed by atoms with Gasteiger partial charge in [0.2, 0.25) is 0 Å². The van der Waals surface area contributed by atoms with Crippen LogP contribution >= 0.6 is 11.6 Å². The van der Waals surface area contributed by atoms with E-state index in [1.165, 1.54) is 28.3 Å². The van der Waals surface area contributed by atoms with Gasteiger partial charge in [0, 0.05) is 30.1 Å². The average Bonchev–Trinajstić information content (AvgIpc) is 3.24. The highest BCUT2D eigenvalue weighted by molar-refractivity contribution is 6.30. The van der Waals surface area contributed by atoms with Crippen molar-refractivity contribution in [3.8, 4) is 17.5 Å². The lowest BCUT2D eigenvalue weighted by molar-refractivity contribution is -0.274. The zero-order chi connectivity index (χ0) is 29.2. The minimum Gasteiger partial charge on any atom is -0.425 e. The lowest BCUT2D eigenvalue weighted by Gasteiger charge is -2.27. The van der Waals surface area contributed by atoms with Crippen LogP contribution in [0.5, 0.6) is 17.5 Å². The van der Waals surface area contributed by atoms with Crippen LogP contribution in [0, 0.1) is 5.41 Å². The molecule has 0 radical (unpaired) electrons. The van der Waals surface area contributed by atoms with Crippen molar-refractivity contribution in [2.45, 2.75) is 46.1 Å². The van der Waals surface area contributed by atoms with Crippen LogP contribution < -0.4 is 20.7 Å². The molecule has 2 heterocycles. The maximum atomic E-state index is 13.8. The molecule has 9 nitrogen and oxygen atoms in total. The summed E-state index contributed by atoms with van der Waals surface area (Å²) in [6.45, 7) is 3.54. The van der Waals surface area contributed by atoms with Gasteiger partial charge in [0.15, 0.2) is 11.2 Å². The molecule has 0 aliphatic heterocycles. The second-order valence-electron chi connectivity index (χ2n) is 9.86. The van der Waals surface area contributed by atoms with Crippen molar-refractivity contribution in [1.82, 2.24) is 18.7 Å². The minimum atomic E-state index is -4.90. The van der Waals surface area contributed by atoms with E-state index in [4.69, 9.17) is 16.3 Å². The first-order valence-corrected chi connectivity index (χ1v) is 12.8. The number of hydrogen-bond donors (Lipinski definition) is 1. The van der Waals surface area contributed by atoms with Crippen LogP contribution in [0.1, 0.15) is 32.3 Å². The summed E-state index contributed by atoms with van der Waals surface area (Å²) >= 11 is 6.03. The first-order chi connectivity index (χ1) is 18.8. The van der Waals surface area contributed by atoms with E-state index in [1.54, 1.807) is 31.2 Å². The number of aliphatic hydroxyl groups excluding tert-OH is 1. The highest BCUT2D eigenvalue weighted by Gasteiger charge is 2.31. The summed E-state index contributed by atoms with van der Waals surface area (Å²) in [6, 6.07) is 11.6. The van der Waals surface area contributed by atoms with Crippen molar-refractivity contribution >= 4 is 22.8 Å². The van der Waals surface area contributed by atoms with Gasteiger partial charge in [-0.25, -0.2) is 4.79 Å². The number of imidazole rings is 1. The van der Waals surface area contributed by atoms with Gasteiger partial charge in [-0.3, -0.25) is 18.5 Å². The van der Waals surface area contributed by atoms with Gasteiger partial charge in [0.1, 0.15) is 11.5 Å². The van der Waals surface area contributed by atoms with Crippen molar-refractivity contribution in [2.75, 3.05) is 6.61 Å². The smallest absolute Gasteiger partial charge is 0.425 e. The number of benzene rings is 2. The molecule has 0 bridgehead atoms. The fourth-order valence-corrected chi connectivity index (χ4v) is 4.65. The number of alkyl halides is 3. The summed E-state index contributed by atoms with van der Waals surface area (Å²) in [4.78, 5) is 31.5. The van der Waals surface area contributed by atoms with Crippen molar-refractivity contribution in [1.29, 1.82) is 0 Å². The quantitative estimate of drug-likeness (QED) is 0.280. The number of halogens is 4. The first-order valence-electron chi connectivity index (χ1n) is 12.4. The van der Waals surface area contributed by atoms with E-state index >= 15 is 0 Å². The van der Waals surface area contributed by atoms with Gasteiger partial charge in [0.25, 0.3) is 5.56 Å². The van der Waals surface area contributed by atoms with Crippen LogP contribution in [0.25, 0.3) is 11.2 Å². The minimum absolute atomic E-state index is 0.0269. The highest BCUT2D eigenvalue weighted by Crippen LogP contribution is 2.31. The van der Waals surface area contributed by atoms with Gasteiger partial charge in [0.05, 0.1) is 13.2 Å². The summed E-state index contributed by atoms with van der Waals surface area (Å²) in [6.07, 6.45) is -3.59. The first kappa shape index (κ1) is 29.2. The van der Waals surface area contributed by atoms with Crippen LogP contribution in [-0.4, -0.2) is 36.8 Å². The van der Waals surface area contributed by atoms with Gasteiger partial charge in [-0.1, -0.05) is 50.1 Å². The Morgan fingerprint density at radius 1 is 1.05 bits per heavy atom. The fourth-order valence-electron chi connectivity index (χ4n) is 4.52. The third-order valence-corrected chi connectivity index (χ3v) is 6.73. The molecule has 1 N–H and O–H groups in total. The largest absolute Gasteiger partial charge is 0.573 e. The van der Waals surface area contributed by atoms with Gasteiger partial charge in [-0.2, -0.15) is 4.98 Å². The molecular formula is C27H28ClF3N4O5. The Labute approximate surface area is 232 Å². The predicted molar refractivity (Wildman–Crippen MR) is 143 cm³/mol. The number of aromatic nitrogens is 4. The Bertz CT molecular complexity index is 1630. The summed E-state index contributed by atoms with van der Waals surface area (Å²) in [5, 5.41) is 10.5. The molecule has 0 aliphatic carbocycles. The number of aliphatic hydroxyl groups is 1. The number of ether oxygens (including phenoxy) is 2. The topological polar surface area (TPSA) is 101 Å². The summed E-state index contributed by atoms with van der Waals surface area (Å²) in [7, 11) is 1.46. The third kappa shape index (κ3) is 6.34. The van der Waals surface area contributed by atoms with E-state index in [0.29, 0.717) is 17.0 Å². The molecule has 1 atom stereocenters. The molecule has 4 aromatic rings. The van der Waals surface area contributed by atoms with E-state index in [-0.39, 0.29) is 42.6 Å². The van der Waals surface area contributed by atoms with Crippen LogP contribution in [-0.2, 0) is 20.1 Å². The van der Waals surface area contributed by atoms with E-state index in [9.17, 15) is 27.9 Å². The molecule has 0 saturated carbocycles. The van der Waals surface area contributed by atoms with E-state index in [0.717, 1.165) is 23.1 Å². The average molecular weight is 581 g/mol. The molecule has 0 saturated heterocycles. The number of aryl methyl sites for hydroxylation is 1. The molecule has 13 heteroatoms. The van der Waals surface area contributed by atoms with Crippen LogP contribution in [0.2, 0.25) is 5.02 Å². The second-order valence-corrected chi connectivity index (χ2v) is 10.3. The molecule has 0 amide bonds. The molecule has 2 aromatic carbocycles. The Hall–Kier alpha value is -3.77. The number of hydrogen-bond acceptors (Lipinski definition) is 6. The molecule has 40 heavy (non-hydrogen) atoms. The van der Waals surface area contributed by atoms with Crippen LogP contribution in [0.3, 0.4) is 0 Å². The Morgan fingerprint density at radius 2 is 1.73 bits per heavy atom. The molecular weight excluding hydrogens is 553 g/mol. The maximum absolute atomic E-state index is 13.8. The van der Waals surface area contributed by atoms with E-state index < -0.39 is 28.8 Å². The SMILES string of the molecule is CCCC(C)(CO)Cn1c(=O)c2c(nc(Oc3cccc(OC(F)(F)F)c3)n2Cc2ccc(Cl)cc2)n(C)c1=O. The molecule has 0 fully saturated rings. The molecule has 0 spiro atoms. The number of fused-ring (bicyclic) bond motifs is 1. The standard InChI is InChI=1S/C27H28ClF3N4O5/c1-4-12-26(2,16-36)15-35-23(37)21-22(33(3)25(35)38)32-24(34(21)14-17-8-10-18(28)11-9-17)39-19-6-5-7-20(13-19)40-27(29,30)31/h5-11,13,36H,4,12,14-16H2,1-3H3. The zero-order valence-corrected chi connectivity index (χ0v) is 22.8. The van der Waals surface area contributed by atoms with Crippen molar-refractivity contribution in [3.63, 3.8) is 0 Å². The van der Waals surface area contributed by atoms with E-state index in [2.05, 4.69) is 9.72 Å². The molecule has 2 aromatic heterocycles. The van der Waals surface area contributed by atoms with Crippen molar-refractivity contribution in [2.24, 2.45) is 12.5 Å². The summed E-state index contributed by atoms with van der Waals surface area (Å²) in [5.41, 5.74) is -1.20. The lowest BCUT2D eigenvalue weighted by atomic mass is 9.86. The molecule has 1 unspecified atom stereocenters. The van der Waals surface area contributed by atoms with Gasteiger partial charge in [-0.15, -0.1) is 13.2 Å². The zero-order valence-electron chi connectivity index (χ0n) is 22.0.